The molecule has 1 N–H and O–H groups in total. The molecule has 2 heterocycles. The highest BCUT2D eigenvalue weighted by atomic mass is 16.4. The van der Waals surface area contributed by atoms with Gasteiger partial charge in [-0.2, -0.15) is 0 Å². The van der Waals surface area contributed by atoms with Crippen LogP contribution in [0.2, 0.25) is 0 Å². The van der Waals surface area contributed by atoms with Crippen LogP contribution in [0.5, 0.6) is 0 Å². The molecule has 3 aromatic rings. The zero-order valence-corrected chi connectivity index (χ0v) is 17.3. The molecule has 156 valence electrons. The molecule has 1 aliphatic heterocycles. The number of oxazole rings is 1. The molecule has 0 bridgehead atoms. The maximum absolute atomic E-state index is 13.0. The molecule has 0 fully saturated rings. The summed E-state index contributed by atoms with van der Waals surface area (Å²) in [6.07, 6.45) is 0. The number of benzene rings is 2. The second-order valence-electron chi connectivity index (χ2n) is 8.24. The van der Waals surface area contributed by atoms with Crippen LogP contribution in [0.15, 0.2) is 51.7 Å². The molecule has 7 heteroatoms. The number of hydrogen-bond acceptors (Lipinski definition) is 4. The van der Waals surface area contributed by atoms with E-state index in [0.29, 0.717) is 41.2 Å². The number of carbonyl (C=O) groups excluding carboxylic acids is 2. The summed E-state index contributed by atoms with van der Waals surface area (Å²) in [4.78, 5) is 39.8. The van der Waals surface area contributed by atoms with Crippen LogP contribution in [0, 0.1) is 5.92 Å². The number of carbonyl (C=O) groups is 2. The second-order valence-corrected chi connectivity index (χ2v) is 8.24. The average molecular weight is 407 g/mol. The van der Waals surface area contributed by atoms with Gasteiger partial charge in [0.15, 0.2) is 5.58 Å². The number of hydrogen-bond donors (Lipinski definition) is 1. The zero-order valence-electron chi connectivity index (χ0n) is 17.3. The van der Waals surface area contributed by atoms with Crippen molar-refractivity contribution in [3.05, 3.63) is 69.7 Å². The molecule has 2 amide bonds. The standard InChI is InChI=1S/C23H25N3O4/c1-14(2)11-25-13-16-7-6-8-17(20(16)22(25)28)21(27)24-15(3)12-26-18-9-4-5-10-19(18)30-23(26)29/h4-10,14-15H,11-13H2,1-3H3,(H,24,27)/t15-/m1/s1. The summed E-state index contributed by atoms with van der Waals surface area (Å²) in [6, 6.07) is 12.2. The summed E-state index contributed by atoms with van der Waals surface area (Å²) < 4.78 is 6.76. The van der Waals surface area contributed by atoms with Crippen molar-refractivity contribution in [3.63, 3.8) is 0 Å². The molecule has 0 saturated carbocycles. The molecular formula is C23H25N3O4. The SMILES string of the molecule is CC(C)CN1Cc2cccc(C(=O)N[C@H](C)Cn3c(=O)oc4ccccc43)c2C1=O. The lowest BCUT2D eigenvalue weighted by atomic mass is 10.0. The average Bonchev–Trinajstić information content (AvgIpc) is 3.18. The molecule has 2 aromatic carbocycles. The predicted octanol–water partition coefficient (Wildman–Crippen LogP) is 3.02. The molecule has 4 rings (SSSR count). The van der Waals surface area contributed by atoms with E-state index in [1.54, 1.807) is 35.2 Å². The Balaban J connectivity index is 1.53. The van der Waals surface area contributed by atoms with Gasteiger partial charge < -0.3 is 14.6 Å². The molecule has 30 heavy (non-hydrogen) atoms. The monoisotopic (exact) mass is 407 g/mol. The Morgan fingerprint density at radius 1 is 1.07 bits per heavy atom. The molecule has 0 aliphatic carbocycles. The summed E-state index contributed by atoms with van der Waals surface area (Å²) in [7, 11) is 0. The van der Waals surface area contributed by atoms with E-state index >= 15 is 0 Å². The third-order valence-electron chi connectivity index (χ3n) is 5.25. The van der Waals surface area contributed by atoms with Crippen molar-refractivity contribution in [2.45, 2.75) is 39.9 Å². The van der Waals surface area contributed by atoms with Gasteiger partial charge in [0.1, 0.15) is 0 Å². The van der Waals surface area contributed by atoms with Gasteiger partial charge in [0, 0.05) is 25.7 Å². The molecule has 1 aromatic heterocycles. The van der Waals surface area contributed by atoms with Gasteiger partial charge in [0.25, 0.3) is 11.8 Å². The predicted molar refractivity (Wildman–Crippen MR) is 113 cm³/mol. The Hall–Kier alpha value is -3.35. The first-order valence-electron chi connectivity index (χ1n) is 10.2. The summed E-state index contributed by atoms with van der Waals surface area (Å²) in [5, 5.41) is 2.92. The highest BCUT2D eigenvalue weighted by molar-refractivity contribution is 6.09. The summed E-state index contributed by atoms with van der Waals surface area (Å²) >= 11 is 0. The van der Waals surface area contributed by atoms with Crippen LogP contribution in [-0.4, -0.2) is 33.9 Å². The molecule has 0 spiro atoms. The fraction of sp³-hybridized carbons (Fsp3) is 0.348. The highest BCUT2D eigenvalue weighted by Gasteiger charge is 2.32. The number of rotatable bonds is 6. The van der Waals surface area contributed by atoms with Gasteiger partial charge in [-0.1, -0.05) is 38.1 Å². The van der Waals surface area contributed by atoms with E-state index in [1.165, 1.54) is 4.57 Å². The van der Waals surface area contributed by atoms with Crippen LogP contribution in [-0.2, 0) is 13.1 Å². The van der Waals surface area contributed by atoms with E-state index in [0.717, 1.165) is 5.56 Å². The number of fused-ring (bicyclic) bond motifs is 2. The molecular weight excluding hydrogens is 382 g/mol. The number of para-hydroxylation sites is 2. The zero-order chi connectivity index (χ0) is 21.4. The topological polar surface area (TPSA) is 84.6 Å². The fourth-order valence-corrected chi connectivity index (χ4v) is 4.01. The lowest BCUT2D eigenvalue weighted by Crippen LogP contribution is -2.38. The smallest absolute Gasteiger partial charge is 0.408 e. The molecule has 7 nitrogen and oxygen atoms in total. The van der Waals surface area contributed by atoms with Gasteiger partial charge >= 0.3 is 5.76 Å². The van der Waals surface area contributed by atoms with Crippen molar-refractivity contribution in [1.29, 1.82) is 0 Å². The Kier molecular flexibility index (Phi) is 5.20. The lowest BCUT2D eigenvalue weighted by Gasteiger charge is -2.18. The maximum atomic E-state index is 13.0. The van der Waals surface area contributed by atoms with Gasteiger partial charge in [-0.15, -0.1) is 0 Å². The Morgan fingerprint density at radius 3 is 2.60 bits per heavy atom. The third kappa shape index (κ3) is 3.63. The summed E-state index contributed by atoms with van der Waals surface area (Å²) in [5.74, 6) is -0.532. The second kappa shape index (κ2) is 7.82. The van der Waals surface area contributed by atoms with Crippen LogP contribution >= 0.6 is 0 Å². The van der Waals surface area contributed by atoms with E-state index in [4.69, 9.17) is 4.42 Å². The molecule has 0 unspecified atom stereocenters. The minimum atomic E-state index is -0.461. The van der Waals surface area contributed by atoms with Crippen molar-refractivity contribution in [3.8, 4) is 0 Å². The Labute approximate surface area is 174 Å². The minimum Gasteiger partial charge on any atom is -0.408 e. The molecule has 0 radical (unpaired) electrons. The Bertz CT molecular complexity index is 1170. The lowest BCUT2D eigenvalue weighted by molar-refractivity contribution is 0.0754. The number of aromatic nitrogens is 1. The van der Waals surface area contributed by atoms with Crippen molar-refractivity contribution in [2.75, 3.05) is 6.54 Å². The van der Waals surface area contributed by atoms with E-state index in [9.17, 15) is 14.4 Å². The maximum Gasteiger partial charge on any atom is 0.420 e. The van der Waals surface area contributed by atoms with Gasteiger partial charge in [0.2, 0.25) is 0 Å². The van der Waals surface area contributed by atoms with Gasteiger partial charge in [-0.25, -0.2) is 4.79 Å². The van der Waals surface area contributed by atoms with Gasteiger partial charge in [-0.3, -0.25) is 14.2 Å². The number of amides is 2. The summed E-state index contributed by atoms with van der Waals surface area (Å²) in [6.45, 7) is 7.40. The van der Waals surface area contributed by atoms with E-state index in [1.807, 2.05) is 19.1 Å². The van der Waals surface area contributed by atoms with E-state index in [2.05, 4.69) is 19.2 Å². The summed E-state index contributed by atoms with van der Waals surface area (Å²) in [5.41, 5.74) is 2.92. The van der Waals surface area contributed by atoms with E-state index < -0.39 is 5.76 Å². The third-order valence-corrected chi connectivity index (χ3v) is 5.25. The van der Waals surface area contributed by atoms with Crippen molar-refractivity contribution < 1.29 is 14.0 Å². The fourth-order valence-electron chi connectivity index (χ4n) is 4.01. The number of nitrogens with zero attached hydrogens (tertiary/aromatic N) is 2. The first-order chi connectivity index (χ1) is 14.3. The number of nitrogens with one attached hydrogen (secondary N) is 1. The normalized spacial score (nSPS) is 14.4. The van der Waals surface area contributed by atoms with Crippen molar-refractivity contribution in [2.24, 2.45) is 5.92 Å². The van der Waals surface area contributed by atoms with Crippen LogP contribution < -0.4 is 11.1 Å². The largest absolute Gasteiger partial charge is 0.420 e. The van der Waals surface area contributed by atoms with Gasteiger partial charge in [-0.05, 0) is 36.6 Å². The Morgan fingerprint density at radius 2 is 1.83 bits per heavy atom. The minimum absolute atomic E-state index is 0.103. The molecule has 1 atom stereocenters. The van der Waals surface area contributed by atoms with Crippen molar-refractivity contribution >= 4 is 22.9 Å². The van der Waals surface area contributed by atoms with Crippen LogP contribution in [0.1, 0.15) is 47.1 Å². The molecule has 1 aliphatic rings. The first-order valence-corrected chi connectivity index (χ1v) is 10.2. The van der Waals surface area contributed by atoms with Crippen molar-refractivity contribution in [1.82, 2.24) is 14.8 Å². The highest BCUT2D eigenvalue weighted by Crippen LogP contribution is 2.27. The first kappa shape index (κ1) is 19.9. The van der Waals surface area contributed by atoms with E-state index in [-0.39, 0.29) is 24.4 Å². The quantitative estimate of drug-likeness (QED) is 0.681. The van der Waals surface area contributed by atoms with Crippen LogP contribution in [0.3, 0.4) is 0 Å². The van der Waals surface area contributed by atoms with Crippen LogP contribution in [0.25, 0.3) is 11.1 Å². The van der Waals surface area contributed by atoms with Crippen LogP contribution in [0.4, 0.5) is 0 Å². The molecule has 0 saturated heterocycles. The van der Waals surface area contributed by atoms with Gasteiger partial charge in [0.05, 0.1) is 16.6 Å².